The SMILES string of the molecule is CCC1(C)CC(Nc2cc(S(C)(=O)=O)ccc2F)CCO1. The Hall–Kier alpha value is -1.14. The summed E-state index contributed by atoms with van der Waals surface area (Å²) in [6.45, 7) is 4.73. The zero-order chi connectivity index (χ0) is 15.7. The highest BCUT2D eigenvalue weighted by atomic mass is 32.2. The number of ether oxygens (including phenoxy) is 1. The van der Waals surface area contributed by atoms with Crippen molar-refractivity contribution in [1.82, 2.24) is 0 Å². The van der Waals surface area contributed by atoms with Crippen molar-refractivity contribution in [2.24, 2.45) is 0 Å². The Balaban J connectivity index is 2.19. The van der Waals surface area contributed by atoms with E-state index in [2.05, 4.69) is 12.2 Å². The molecular formula is C15H22FNO3S. The summed E-state index contributed by atoms with van der Waals surface area (Å²) in [7, 11) is -3.34. The van der Waals surface area contributed by atoms with Gasteiger partial charge in [-0.25, -0.2) is 12.8 Å². The van der Waals surface area contributed by atoms with Crippen LogP contribution in [0.25, 0.3) is 0 Å². The van der Waals surface area contributed by atoms with Gasteiger partial charge in [-0.05, 0) is 44.4 Å². The van der Waals surface area contributed by atoms with Gasteiger partial charge in [-0.15, -0.1) is 0 Å². The molecule has 0 aliphatic carbocycles. The van der Waals surface area contributed by atoms with E-state index in [-0.39, 0.29) is 22.2 Å². The Morgan fingerprint density at radius 1 is 1.48 bits per heavy atom. The summed E-state index contributed by atoms with van der Waals surface area (Å²) in [4.78, 5) is 0.122. The number of anilines is 1. The van der Waals surface area contributed by atoms with Crippen LogP contribution in [0.4, 0.5) is 10.1 Å². The van der Waals surface area contributed by atoms with Gasteiger partial charge < -0.3 is 10.1 Å². The topological polar surface area (TPSA) is 55.4 Å². The Morgan fingerprint density at radius 2 is 2.19 bits per heavy atom. The van der Waals surface area contributed by atoms with Crippen LogP contribution in [0.15, 0.2) is 23.1 Å². The van der Waals surface area contributed by atoms with Gasteiger partial charge in [-0.1, -0.05) is 6.92 Å². The average Bonchev–Trinajstić information content (AvgIpc) is 2.40. The van der Waals surface area contributed by atoms with Crippen molar-refractivity contribution in [3.8, 4) is 0 Å². The molecule has 1 heterocycles. The third-order valence-corrected chi connectivity index (χ3v) is 5.18. The first-order valence-corrected chi connectivity index (χ1v) is 9.03. The number of nitrogens with one attached hydrogen (secondary N) is 1. The predicted molar refractivity (Wildman–Crippen MR) is 80.8 cm³/mol. The van der Waals surface area contributed by atoms with Crippen LogP contribution in [0.3, 0.4) is 0 Å². The van der Waals surface area contributed by atoms with E-state index in [9.17, 15) is 12.8 Å². The van der Waals surface area contributed by atoms with E-state index in [1.807, 2.05) is 6.92 Å². The van der Waals surface area contributed by atoms with E-state index >= 15 is 0 Å². The number of benzene rings is 1. The Labute approximate surface area is 125 Å². The van der Waals surface area contributed by atoms with Crippen LogP contribution < -0.4 is 5.32 Å². The van der Waals surface area contributed by atoms with Gasteiger partial charge in [0.2, 0.25) is 0 Å². The lowest BCUT2D eigenvalue weighted by molar-refractivity contribution is -0.0709. The summed E-state index contributed by atoms with van der Waals surface area (Å²) in [5, 5.41) is 3.13. The third-order valence-electron chi connectivity index (χ3n) is 4.07. The van der Waals surface area contributed by atoms with Gasteiger partial charge in [0.1, 0.15) is 5.82 Å². The lowest BCUT2D eigenvalue weighted by Gasteiger charge is -2.38. The highest BCUT2D eigenvalue weighted by Gasteiger charge is 2.31. The normalized spacial score (nSPS) is 26.6. The van der Waals surface area contributed by atoms with Crippen LogP contribution in [0.5, 0.6) is 0 Å². The van der Waals surface area contributed by atoms with Crippen LogP contribution >= 0.6 is 0 Å². The van der Waals surface area contributed by atoms with Gasteiger partial charge in [0.05, 0.1) is 16.2 Å². The summed E-state index contributed by atoms with van der Waals surface area (Å²) >= 11 is 0. The molecule has 1 aliphatic rings. The number of hydrogen-bond donors (Lipinski definition) is 1. The van der Waals surface area contributed by atoms with E-state index in [1.165, 1.54) is 18.2 Å². The fourth-order valence-corrected chi connectivity index (χ4v) is 3.21. The van der Waals surface area contributed by atoms with Crippen LogP contribution in [0, 0.1) is 5.82 Å². The standard InChI is InChI=1S/C15H22FNO3S/c1-4-15(2)10-11(7-8-20-15)17-14-9-12(21(3,18)19)5-6-13(14)16/h5-6,9,11,17H,4,7-8,10H2,1-3H3. The minimum atomic E-state index is -3.34. The fourth-order valence-electron chi connectivity index (χ4n) is 2.56. The molecule has 2 unspecified atom stereocenters. The molecule has 0 amide bonds. The second kappa shape index (κ2) is 5.93. The maximum Gasteiger partial charge on any atom is 0.175 e. The second-order valence-corrected chi connectivity index (χ2v) is 7.92. The fraction of sp³-hybridized carbons (Fsp3) is 0.600. The smallest absolute Gasteiger partial charge is 0.175 e. The zero-order valence-electron chi connectivity index (χ0n) is 12.6. The van der Waals surface area contributed by atoms with Crippen LogP contribution in [-0.4, -0.2) is 32.9 Å². The molecular weight excluding hydrogens is 293 g/mol. The van der Waals surface area contributed by atoms with Gasteiger partial charge in [0, 0.05) is 18.9 Å². The second-order valence-electron chi connectivity index (χ2n) is 5.90. The molecule has 0 bridgehead atoms. The van der Waals surface area contributed by atoms with Crippen molar-refractivity contribution < 1.29 is 17.5 Å². The van der Waals surface area contributed by atoms with Crippen molar-refractivity contribution in [2.75, 3.05) is 18.2 Å². The zero-order valence-corrected chi connectivity index (χ0v) is 13.5. The lowest BCUT2D eigenvalue weighted by Crippen LogP contribution is -2.42. The largest absolute Gasteiger partial charge is 0.380 e. The number of halogens is 1. The number of sulfone groups is 1. The molecule has 1 N–H and O–H groups in total. The van der Waals surface area contributed by atoms with Gasteiger partial charge in [0.25, 0.3) is 0 Å². The molecule has 0 radical (unpaired) electrons. The van der Waals surface area contributed by atoms with E-state index in [1.54, 1.807) is 0 Å². The molecule has 1 aromatic carbocycles. The maximum absolute atomic E-state index is 13.9. The Bertz CT molecular complexity index is 617. The molecule has 1 saturated heterocycles. The van der Waals surface area contributed by atoms with Gasteiger partial charge >= 0.3 is 0 Å². The first kappa shape index (κ1) is 16.2. The van der Waals surface area contributed by atoms with E-state index < -0.39 is 15.7 Å². The minimum absolute atomic E-state index is 0.0769. The molecule has 1 aliphatic heterocycles. The number of rotatable bonds is 4. The van der Waals surface area contributed by atoms with Crippen LogP contribution in [0.1, 0.15) is 33.1 Å². The summed E-state index contributed by atoms with van der Waals surface area (Å²) in [6.07, 6.45) is 3.55. The van der Waals surface area contributed by atoms with Crippen molar-refractivity contribution in [3.05, 3.63) is 24.0 Å². The first-order valence-electron chi connectivity index (χ1n) is 7.13. The predicted octanol–water partition coefficient (Wildman–Crippen LogP) is 2.99. The van der Waals surface area contributed by atoms with E-state index in [0.29, 0.717) is 6.61 Å². The molecule has 2 rings (SSSR count). The van der Waals surface area contributed by atoms with Gasteiger partial charge in [-0.3, -0.25) is 0 Å². The quantitative estimate of drug-likeness (QED) is 0.868. The number of hydrogen-bond acceptors (Lipinski definition) is 4. The monoisotopic (exact) mass is 315 g/mol. The molecule has 0 aromatic heterocycles. The summed E-state index contributed by atoms with van der Waals surface area (Å²) in [6, 6.07) is 3.92. The van der Waals surface area contributed by atoms with Gasteiger partial charge in [0.15, 0.2) is 9.84 Å². The Kier molecular flexibility index (Phi) is 4.58. The third kappa shape index (κ3) is 3.95. The summed E-state index contributed by atoms with van der Waals surface area (Å²) in [5.74, 6) is -0.438. The van der Waals surface area contributed by atoms with E-state index in [4.69, 9.17) is 4.74 Å². The van der Waals surface area contributed by atoms with E-state index in [0.717, 1.165) is 25.5 Å². The highest BCUT2D eigenvalue weighted by molar-refractivity contribution is 7.90. The first-order chi connectivity index (χ1) is 9.73. The van der Waals surface area contributed by atoms with Crippen LogP contribution in [0.2, 0.25) is 0 Å². The minimum Gasteiger partial charge on any atom is -0.380 e. The molecule has 2 atom stereocenters. The summed E-state index contributed by atoms with van der Waals surface area (Å²) < 4.78 is 42.8. The maximum atomic E-state index is 13.9. The van der Waals surface area contributed by atoms with Crippen molar-refractivity contribution >= 4 is 15.5 Å². The molecule has 6 heteroatoms. The molecule has 118 valence electrons. The van der Waals surface area contributed by atoms with Crippen molar-refractivity contribution in [2.45, 2.75) is 49.6 Å². The molecule has 0 spiro atoms. The molecule has 0 saturated carbocycles. The summed E-state index contributed by atoms with van der Waals surface area (Å²) in [5.41, 5.74) is 0.0316. The lowest BCUT2D eigenvalue weighted by atomic mass is 9.90. The van der Waals surface area contributed by atoms with Crippen molar-refractivity contribution in [3.63, 3.8) is 0 Å². The Morgan fingerprint density at radius 3 is 2.81 bits per heavy atom. The molecule has 21 heavy (non-hydrogen) atoms. The highest BCUT2D eigenvalue weighted by Crippen LogP contribution is 2.30. The molecule has 1 fully saturated rings. The van der Waals surface area contributed by atoms with Crippen LogP contribution in [-0.2, 0) is 14.6 Å². The van der Waals surface area contributed by atoms with Crippen molar-refractivity contribution in [1.29, 1.82) is 0 Å². The molecule has 1 aromatic rings. The van der Waals surface area contributed by atoms with Gasteiger partial charge in [-0.2, -0.15) is 0 Å². The average molecular weight is 315 g/mol. The molecule has 4 nitrogen and oxygen atoms in total.